The van der Waals surface area contributed by atoms with Crippen LogP contribution in [0.3, 0.4) is 0 Å². The first kappa shape index (κ1) is 21.0. The summed E-state index contributed by atoms with van der Waals surface area (Å²) in [6.45, 7) is 2.54. The number of aromatic amines is 1. The highest BCUT2D eigenvalue weighted by Gasteiger charge is 2.27. The van der Waals surface area contributed by atoms with Crippen molar-refractivity contribution in [1.82, 2.24) is 19.5 Å². The highest BCUT2D eigenvalue weighted by atomic mass is 35.5. The topological polar surface area (TPSA) is 55.7 Å². The van der Waals surface area contributed by atoms with Gasteiger partial charge in [0.05, 0.1) is 35.5 Å². The third-order valence-electron chi connectivity index (χ3n) is 6.74. The van der Waals surface area contributed by atoms with Gasteiger partial charge in [-0.05, 0) is 48.9 Å². The van der Waals surface area contributed by atoms with E-state index in [1.807, 2.05) is 55.1 Å². The highest BCUT2D eigenvalue weighted by molar-refractivity contribution is 6.31. The Kier molecular flexibility index (Phi) is 5.34. The molecule has 170 valence electrons. The van der Waals surface area contributed by atoms with Crippen LogP contribution in [-0.2, 0) is 13.0 Å². The number of rotatable bonds is 5. The molecule has 5 aromatic rings. The molecule has 6 heteroatoms. The van der Waals surface area contributed by atoms with Crippen molar-refractivity contribution in [3.05, 3.63) is 101 Å². The van der Waals surface area contributed by atoms with Gasteiger partial charge in [-0.2, -0.15) is 0 Å². The lowest BCUT2D eigenvalue weighted by molar-refractivity contribution is 0.294. The summed E-state index contributed by atoms with van der Waals surface area (Å²) in [7, 11) is 0. The lowest BCUT2D eigenvalue weighted by atomic mass is 9.87. The second-order valence-electron chi connectivity index (χ2n) is 8.85. The lowest BCUT2D eigenvalue weighted by Gasteiger charge is -2.29. The molecule has 0 bridgehead atoms. The van der Waals surface area contributed by atoms with Gasteiger partial charge in [0.15, 0.2) is 0 Å². The van der Waals surface area contributed by atoms with Crippen molar-refractivity contribution in [2.75, 3.05) is 0 Å². The van der Waals surface area contributed by atoms with Crippen LogP contribution < -0.4 is 4.74 Å². The quantitative estimate of drug-likeness (QED) is 0.305. The van der Waals surface area contributed by atoms with Gasteiger partial charge < -0.3 is 14.3 Å². The summed E-state index contributed by atoms with van der Waals surface area (Å²) < 4.78 is 8.31. The van der Waals surface area contributed by atoms with Crippen molar-refractivity contribution < 1.29 is 4.74 Å². The first-order valence-electron chi connectivity index (χ1n) is 11.6. The second kappa shape index (κ2) is 8.65. The molecule has 0 aliphatic heterocycles. The molecule has 0 saturated carbocycles. The zero-order chi connectivity index (χ0) is 23.1. The van der Waals surface area contributed by atoms with E-state index in [1.165, 1.54) is 11.1 Å². The minimum Gasteiger partial charge on any atom is -0.473 e. The van der Waals surface area contributed by atoms with Gasteiger partial charge in [-0.25, -0.2) is 9.97 Å². The minimum absolute atomic E-state index is 0.161. The van der Waals surface area contributed by atoms with Crippen molar-refractivity contribution in [3.8, 4) is 17.1 Å². The van der Waals surface area contributed by atoms with Crippen LogP contribution in [0.15, 0.2) is 73.3 Å². The number of nitrogens with one attached hydrogen (secondary N) is 1. The number of hydrogen-bond donors (Lipinski definition) is 1. The standard InChI is InChI=1S/C28H25ClN4O/c1-18-28(33(17-32-18)25-12-6-10-20-9-5-11-23(29)27(20)25)22-14-30-24-15-31-26(13-21(22)24)34-16-19-7-3-2-4-8-19/h2-5,7-9,11,13-15,17,25,30H,6,10,12,16H2,1H3. The summed E-state index contributed by atoms with van der Waals surface area (Å²) in [5.41, 5.74) is 7.82. The average molecular weight is 469 g/mol. The molecule has 0 saturated heterocycles. The van der Waals surface area contributed by atoms with E-state index in [0.29, 0.717) is 12.5 Å². The molecule has 0 radical (unpaired) electrons. The molecule has 3 aromatic heterocycles. The Morgan fingerprint density at radius 2 is 2.00 bits per heavy atom. The summed E-state index contributed by atoms with van der Waals surface area (Å²) in [6, 6.07) is 18.6. The normalized spacial score (nSPS) is 15.4. The number of H-pyrrole nitrogens is 1. The number of nitrogens with zero attached hydrogens (tertiary/aromatic N) is 3. The zero-order valence-electron chi connectivity index (χ0n) is 19.0. The molecule has 1 unspecified atom stereocenters. The Hall–Kier alpha value is -3.57. The van der Waals surface area contributed by atoms with Crippen LogP contribution in [0.25, 0.3) is 22.2 Å². The van der Waals surface area contributed by atoms with Gasteiger partial charge in [0.2, 0.25) is 5.88 Å². The first-order chi connectivity index (χ1) is 16.7. The van der Waals surface area contributed by atoms with Crippen LogP contribution in [0.1, 0.15) is 41.3 Å². The van der Waals surface area contributed by atoms with Gasteiger partial charge in [-0.3, -0.25) is 0 Å². The second-order valence-corrected chi connectivity index (χ2v) is 9.26. The van der Waals surface area contributed by atoms with E-state index in [9.17, 15) is 0 Å². The highest BCUT2D eigenvalue weighted by Crippen LogP contribution is 2.41. The molecule has 34 heavy (non-hydrogen) atoms. The number of fused-ring (bicyclic) bond motifs is 2. The fraction of sp³-hybridized carbons (Fsp3) is 0.214. The van der Waals surface area contributed by atoms with E-state index < -0.39 is 0 Å². The molecule has 1 aliphatic rings. The Labute approximate surface area is 203 Å². The maximum absolute atomic E-state index is 6.71. The van der Waals surface area contributed by atoms with E-state index in [0.717, 1.165) is 57.7 Å². The van der Waals surface area contributed by atoms with E-state index in [4.69, 9.17) is 21.3 Å². The molecule has 3 heterocycles. The SMILES string of the molecule is Cc1ncn(C2CCCc3cccc(Cl)c32)c1-c1c[nH]c2cnc(OCc3ccccc3)cc12. The molecule has 5 nitrogen and oxygen atoms in total. The van der Waals surface area contributed by atoms with E-state index >= 15 is 0 Å². The van der Waals surface area contributed by atoms with Gasteiger partial charge >= 0.3 is 0 Å². The molecule has 1 N–H and O–H groups in total. The van der Waals surface area contributed by atoms with Gasteiger partial charge in [0.25, 0.3) is 0 Å². The smallest absolute Gasteiger partial charge is 0.214 e. The van der Waals surface area contributed by atoms with Crippen LogP contribution >= 0.6 is 11.6 Å². The predicted octanol–water partition coefficient (Wildman–Crippen LogP) is 6.89. The monoisotopic (exact) mass is 468 g/mol. The predicted molar refractivity (Wildman–Crippen MR) is 135 cm³/mol. The Bertz CT molecular complexity index is 1470. The molecule has 0 amide bonds. The number of aryl methyl sites for hydroxylation is 2. The minimum atomic E-state index is 0.161. The number of imidazole rings is 1. The van der Waals surface area contributed by atoms with Crippen LogP contribution in [0.5, 0.6) is 5.88 Å². The van der Waals surface area contributed by atoms with Gasteiger partial charge in [0.1, 0.15) is 6.61 Å². The van der Waals surface area contributed by atoms with Crippen molar-refractivity contribution >= 4 is 22.5 Å². The number of pyridine rings is 1. The van der Waals surface area contributed by atoms with E-state index in [-0.39, 0.29) is 6.04 Å². The summed E-state index contributed by atoms with van der Waals surface area (Å²) in [6.07, 6.45) is 9.07. The Morgan fingerprint density at radius 3 is 2.88 bits per heavy atom. The number of hydrogen-bond acceptors (Lipinski definition) is 3. The van der Waals surface area contributed by atoms with Crippen LogP contribution in [0, 0.1) is 6.92 Å². The fourth-order valence-corrected chi connectivity index (χ4v) is 5.43. The van der Waals surface area contributed by atoms with Gasteiger partial charge in [0, 0.05) is 28.2 Å². The van der Waals surface area contributed by atoms with Crippen molar-refractivity contribution in [1.29, 1.82) is 0 Å². The zero-order valence-corrected chi connectivity index (χ0v) is 19.7. The number of ether oxygens (including phenoxy) is 1. The van der Waals surface area contributed by atoms with Crippen LogP contribution in [0.4, 0.5) is 0 Å². The van der Waals surface area contributed by atoms with Crippen molar-refractivity contribution in [2.45, 2.75) is 38.8 Å². The molecule has 1 aliphatic carbocycles. The fourth-order valence-electron chi connectivity index (χ4n) is 5.11. The van der Waals surface area contributed by atoms with Gasteiger partial charge in [-0.1, -0.05) is 54.1 Å². The Morgan fingerprint density at radius 1 is 1.12 bits per heavy atom. The molecule has 0 fully saturated rings. The number of benzene rings is 2. The lowest BCUT2D eigenvalue weighted by Crippen LogP contribution is -2.18. The first-order valence-corrected chi connectivity index (χ1v) is 12.0. The maximum Gasteiger partial charge on any atom is 0.214 e. The molecule has 0 spiro atoms. The summed E-state index contributed by atoms with van der Waals surface area (Å²) in [5, 5.41) is 1.90. The molecular weight excluding hydrogens is 444 g/mol. The largest absolute Gasteiger partial charge is 0.473 e. The Balaban J connectivity index is 1.40. The van der Waals surface area contributed by atoms with Crippen LogP contribution in [-0.4, -0.2) is 19.5 Å². The summed E-state index contributed by atoms with van der Waals surface area (Å²) in [5.74, 6) is 0.604. The average Bonchev–Trinajstić information content (AvgIpc) is 3.45. The number of halogens is 1. The maximum atomic E-state index is 6.71. The van der Waals surface area contributed by atoms with E-state index in [2.05, 4.69) is 39.7 Å². The van der Waals surface area contributed by atoms with E-state index in [1.54, 1.807) is 0 Å². The van der Waals surface area contributed by atoms with Gasteiger partial charge in [-0.15, -0.1) is 0 Å². The van der Waals surface area contributed by atoms with Crippen molar-refractivity contribution in [3.63, 3.8) is 0 Å². The third kappa shape index (κ3) is 3.66. The molecular formula is C28H25ClN4O. The third-order valence-corrected chi connectivity index (χ3v) is 7.07. The summed E-state index contributed by atoms with van der Waals surface area (Å²) in [4.78, 5) is 12.6. The molecule has 6 rings (SSSR count). The van der Waals surface area contributed by atoms with Crippen LogP contribution in [0.2, 0.25) is 5.02 Å². The number of aromatic nitrogens is 4. The molecule has 1 atom stereocenters. The molecule has 2 aromatic carbocycles. The summed E-state index contributed by atoms with van der Waals surface area (Å²) >= 11 is 6.71. The van der Waals surface area contributed by atoms with Crippen molar-refractivity contribution in [2.24, 2.45) is 0 Å².